The third-order valence-electron chi connectivity index (χ3n) is 1.57. The van der Waals surface area contributed by atoms with Crippen LogP contribution in [0.2, 0.25) is 0 Å². The number of benzene rings is 1. The first-order valence-corrected chi connectivity index (χ1v) is 3.67. The van der Waals surface area contributed by atoms with Gasteiger partial charge in [-0.3, -0.25) is 5.32 Å². The lowest BCUT2D eigenvalue weighted by atomic mass is 10.2. The van der Waals surface area contributed by atoms with Crippen molar-refractivity contribution < 1.29 is 19.0 Å². The second kappa shape index (κ2) is 3.82. The summed E-state index contributed by atoms with van der Waals surface area (Å²) in [5, 5.41) is 10.4. The molecular weight excluding hydrogens is 191 g/mol. The Kier molecular flexibility index (Phi) is 2.76. The largest absolute Gasteiger partial charge is 0.494 e. The number of hydrogen-bond acceptors (Lipinski definition) is 3. The number of anilines is 2. The predicted octanol–water partition coefficient (Wildman–Crippen LogP) is 1.51. The summed E-state index contributed by atoms with van der Waals surface area (Å²) in [5.74, 6) is -0.705. The summed E-state index contributed by atoms with van der Waals surface area (Å²) in [6, 6.07) is 2.17. The van der Waals surface area contributed by atoms with Crippen LogP contribution in [0, 0.1) is 5.82 Å². The summed E-state index contributed by atoms with van der Waals surface area (Å²) in [7, 11) is 1.28. The van der Waals surface area contributed by atoms with Gasteiger partial charge in [0, 0.05) is 12.1 Å². The molecule has 14 heavy (non-hydrogen) atoms. The number of hydrogen-bond donors (Lipinski definition) is 3. The van der Waals surface area contributed by atoms with Gasteiger partial charge in [-0.1, -0.05) is 0 Å². The van der Waals surface area contributed by atoms with Crippen molar-refractivity contribution in [3.8, 4) is 5.75 Å². The van der Waals surface area contributed by atoms with Crippen LogP contribution in [-0.2, 0) is 0 Å². The van der Waals surface area contributed by atoms with Crippen molar-refractivity contribution in [2.24, 2.45) is 0 Å². The zero-order valence-corrected chi connectivity index (χ0v) is 7.37. The number of carboxylic acid groups (broad SMARTS) is 1. The zero-order chi connectivity index (χ0) is 10.7. The molecule has 0 saturated carbocycles. The Morgan fingerprint density at radius 1 is 1.64 bits per heavy atom. The average Bonchev–Trinajstić information content (AvgIpc) is 2.09. The van der Waals surface area contributed by atoms with Crippen LogP contribution in [0.3, 0.4) is 0 Å². The van der Waals surface area contributed by atoms with Crippen molar-refractivity contribution in [3.63, 3.8) is 0 Å². The first kappa shape index (κ1) is 10.1. The molecule has 1 aromatic rings. The third-order valence-corrected chi connectivity index (χ3v) is 1.57. The van der Waals surface area contributed by atoms with Crippen molar-refractivity contribution >= 4 is 17.5 Å². The van der Waals surface area contributed by atoms with Gasteiger partial charge in [-0.25, -0.2) is 9.18 Å². The molecule has 0 radical (unpaired) electrons. The molecular formula is C8H9FN2O3. The van der Waals surface area contributed by atoms with E-state index in [9.17, 15) is 9.18 Å². The van der Waals surface area contributed by atoms with E-state index in [1.807, 2.05) is 5.32 Å². The van der Waals surface area contributed by atoms with Crippen LogP contribution in [0.1, 0.15) is 0 Å². The van der Waals surface area contributed by atoms with E-state index < -0.39 is 11.9 Å². The molecule has 0 aliphatic carbocycles. The lowest BCUT2D eigenvalue weighted by Crippen LogP contribution is -2.09. The molecule has 0 bridgehead atoms. The van der Waals surface area contributed by atoms with Gasteiger partial charge in [0.1, 0.15) is 0 Å². The van der Waals surface area contributed by atoms with Crippen LogP contribution < -0.4 is 15.8 Å². The highest BCUT2D eigenvalue weighted by atomic mass is 19.1. The van der Waals surface area contributed by atoms with Crippen LogP contribution in [0.15, 0.2) is 12.1 Å². The first-order chi connectivity index (χ1) is 6.54. The van der Waals surface area contributed by atoms with E-state index in [4.69, 9.17) is 10.8 Å². The Hall–Kier alpha value is -1.98. The number of ether oxygens (including phenoxy) is 1. The number of methoxy groups -OCH3 is 1. The standard InChI is InChI=1S/C8H9FN2O3/c1-14-7-3-6(11-8(12)13)5(10)2-4(7)9/h2-3,11H,10H2,1H3,(H,12,13). The molecule has 0 atom stereocenters. The number of nitrogens with one attached hydrogen (secondary N) is 1. The van der Waals surface area contributed by atoms with Gasteiger partial charge in [-0.05, 0) is 0 Å². The average molecular weight is 200 g/mol. The molecule has 4 N–H and O–H groups in total. The molecule has 0 aromatic heterocycles. The number of nitrogen functional groups attached to an aromatic ring is 1. The Labute approximate surface area is 79.3 Å². The molecule has 0 fully saturated rings. The summed E-state index contributed by atoms with van der Waals surface area (Å²) in [4.78, 5) is 10.3. The monoisotopic (exact) mass is 200 g/mol. The molecule has 0 aliphatic rings. The highest BCUT2D eigenvalue weighted by molar-refractivity contribution is 5.88. The number of carbonyl (C=O) groups is 1. The Balaban J connectivity index is 3.10. The molecule has 6 heteroatoms. The molecule has 0 heterocycles. The smallest absolute Gasteiger partial charge is 0.409 e. The zero-order valence-electron chi connectivity index (χ0n) is 7.37. The van der Waals surface area contributed by atoms with Crippen LogP contribution in [-0.4, -0.2) is 18.3 Å². The molecule has 0 aliphatic heterocycles. The lowest BCUT2D eigenvalue weighted by molar-refractivity contribution is 0.209. The van der Waals surface area contributed by atoms with Crippen molar-refractivity contribution in [1.82, 2.24) is 0 Å². The van der Waals surface area contributed by atoms with E-state index in [0.717, 1.165) is 6.07 Å². The summed E-state index contributed by atoms with van der Waals surface area (Å²) >= 11 is 0. The van der Waals surface area contributed by atoms with Crippen LogP contribution >= 0.6 is 0 Å². The van der Waals surface area contributed by atoms with Gasteiger partial charge < -0.3 is 15.6 Å². The van der Waals surface area contributed by atoms with E-state index in [1.54, 1.807) is 0 Å². The van der Waals surface area contributed by atoms with Gasteiger partial charge in [-0.15, -0.1) is 0 Å². The fourth-order valence-corrected chi connectivity index (χ4v) is 0.949. The molecule has 76 valence electrons. The molecule has 0 unspecified atom stereocenters. The third kappa shape index (κ3) is 2.03. The van der Waals surface area contributed by atoms with E-state index in [0.29, 0.717) is 0 Å². The topological polar surface area (TPSA) is 84.6 Å². The normalized spacial score (nSPS) is 9.57. The summed E-state index contributed by atoms with van der Waals surface area (Å²) < 4.78 is 17.6. The maximum Gasteiger partial charge on any atom is 0.409 e. The number of halogens is 1. The molecule has 0 spiro atoms. The molecule has 1 aromatic carbocycles. The van der Waals surface area contributed by atoms with Crippen molar-refractivity contribution in [2.75, 3.05) is 18.2 Å². The molecule has 5 nitrogen and oxygen atoms in total. The van der Waals surface area contributed by atoms with Crippen LogP contribution in [0.25, 0.3) is 0 Å². The number of amides is 1. The predicted molar refractivity (Wildman–Crippen MR) is 49.0 cm³/mol. The van der Waals surface area contributed by atoms with Gasteiger partial charge in [0.25, 0.3) is 0 Å². The fourth-order valence-electron chi connectivity index (χ4n) is 0.949. The van der Waals surface area contributed by atoms with E-state index in [1.165, 1.54) is 13.2 Å². The lowest BCUT2D eigenvalue weighted by Gasteiger charge is -2.08. The fraction of sp³-hybridized carbons (Fsp3) is 0.125. The minimum absolute atomic E-state index is 0.00528. The van der Waals surface area contributed by atoms with Crippen molar-refractivity contribution in [1.29, 1.82) is 0 Å². The minimum atomic E-state index is -1.27. The van der Waals surface area contributed by atoms with Gasteiger partial charge in [-0.2, -0.15) is 0 Å². The second-order valence-corrected chi connectivity index (χ2v) is 2.50. The Morgan fingerprint density at radius 2 is 2.29 bits per heavy atom. The van der Waals surface area contributed by atoms with E-state index in [-0.39, 0.29) is 17.1 Å². The van der Waals surface area contributed by atoms with Crippen LogP contribution in [0.4, 0.5) is 20.6 Å². The van der Waals surface area contributed by atoms with E-state index in [2.05, 4.69) is 4.74 Å². The number of nitrogens with two attached hydrogens (primary N) is 1. The summed E-state index contributed by atoms with van der Waals surface area (Å²) in [6.07, 6.45) is -1.27. The maximum atomic E-state index is 13.0. The second-order valence-electron chi connectivity index (χ2n) is 2.50. The highest BCUT2D eigenvalue weighted by Crippen LogP contribution is 2.27. The summed E-state index contributed by atoms with van der Waals surface area (Å²) in [6.45, 7) is 0. The first-order valence-electron chi connectivity index (χ1n) is 3.67. The SMILES string of the molecule is COc1cc(NC(=O)O)c(N)cc1F. The molecule has 1 rings (SSSR count). The van der Waals surface area contributed by atoms with E-state index >= 15 is 0 Å². The molecule has 0 saturated heterocycles. The quantitative estimate of drug-likeness (QED) is 0.631. The van der Waals surface area contributed by atoms with Crippen molar-refractivity contribution in [3.05, 3.63) is 17.9 Å². The maximum absolute atomic E-state index is 13.0. The minimum Gasteiger partial charge on any atom is -0.494 e. The number of rotatable bonds is 2. The Bertz CT molecular complexity index is 368. The van der Waals surface area contributed by atoms with Gasteiger partial charge in [0.05, 0.1) is 18.5 Å². The molecule has 1 amide bonds. The highest BCUT2D eigenvalue weighted by Gasteiger charge is 2.09. The van der Waals surface area contributed by atoms with Crippen LogP contribution in [0.5, 0.6) is 5.75 Å². The van der Waals surface area contributed by atoms with Gasteiger partial charge in [0.15, 0.2) is 11.6 Å². The van der Waals surface area contributed by atoms with Gasteiger partial charge >= 0.3 is 6.09 Å². The van der Waals surface area contributed by atoms with Gasteiger partial charge in [0.2, 0.25) is 0 Å². The summed E-state index contributed by atoms with van der Waals surface area (Å²) in [5.41, 5.74) is 5.47. The van der Waals surface area contributed by atoms with Crippen molar-refractivity contribution in [2.45, 2.75) is 0 Å². The Morgan fingerprint density at radius 3 is 2.79 bits per heavy atom.